The largest absolute Gasteiger partial charge is 0.386 e. The lowest BCUT2D eigenvalue weighted by Gasteiger charge is -2.10. The number of allylic oxidation sites excluding steroid dienone is 2. The number of nitrogens with one attached hydrogen (secondary N) is 2. The van der Waals surface area contributed by atoms with E-state index in [2.05, 4.69) is 30.6 Å². The van der Waals surface area contributed by atoms with Crippen LogP contribution in [0.25, 0.3) is 0 Å². The Balaban J connectivity index is 3.24. The maximum atomic E-state index is 10.8. The monoisotopic (exact) mass is 306 g/mol. The molecule has 0 aromatic carbocycles. The fraction of sp³-hybridized carbons (Fsp3) is 0.786. The van der Waals surface area contributed by atoms with Gasteiger partial charge in [-0.1, -0.05) is 19.9 Å². The molecule has 20 heavy (non-hydrogen) atoms. The molecule has 0 saturated carbocycles. The standard InChI is InChI=1S/C14H27ClN2O3/c1-3-5-13(4-2)16-6-8-19-10-11-20-9-7-17-14(18)12-15/h5,16H,3-4,6-12H2,1-2H3,(H,17,18)/b13-5-. The molecule has 0 heterocycles. The molecule has 0 atom stereocenters. The molecule has 0 aliphatic rings. The van der Waals surface area contributed by atoms with E-state index in [1.54, 1.807) is 0 Å². The molecule has 0 aromatic heterocycles. The van der Waals surface area contributed by atoms with Crippen LogP contribution in [-0.4, -0.2) is 51.3 Å². The first kappa shape index (κ1) is 19.2. The number of alkyl halides is 1. The second-order valence-electron chi connectivity index (χ2n) is 4.13. The second kappa shape index (κ2) is 14.6. The van der Waals surface area contributed by atoms with Crippen LogP contribution < -0.4 is 10.6 Å². The third-order valence-corrected chi connectivity index (χ3v) is 2.73. The van der Waals surface area contributed by atoms with E-state index in [1.807, 2.05) is 0 Å². The number of hydrogen-bond acceptors (Lipinski definition) is 4. The zero-order valence-electron chi connectivity index (χ0n) is 12.5. The normalized spacial score (nSPS) is 11.4. The van der Waals surface area contributed by atoms with Crippen molar-refractivity contribution in [2.45, 2.75) is 26.7 Å². The smallest absolute Gasteiger partial charge is 0.235 e. The Morgan fingerprint density at radius 1 is 1.05 bits per heavy atom. The molecule has 0 bridgehead atoms. The van der Waals surface area contributed by atoms with Crippen molar-refractivity contribution in [1.82, 2.24) is 10.6 Å². The summed E-state index contributed by atoms with van der Waals surface area (Å²) in [6, 6.07) is 0. The van der Waals surface area contributed by atoms with E-state index in [0.717, 1.165) is 19.4 Å². The quantitative estimate of drug-likeness (QED) is 0.401. The Bertz CT molecular complexity index is 273. The summed E-state index contributed by atoms with van der Waals surface area (Å²) in [5.41, 5.74) is 1.27. The van der Waals surface area contributed by atoms with E-state index < -0.39 is 0 Å². The van der Waals surface area contributed by atoms with Crippen LogP contribution in [0.2, 0.25) is 0 Å². The molecule has 5 nitrogen and oxygen atoms in total. The molecule has 0 aliphatic heterocycles. The molecule has 2 N–H and O–H groups in total. The number of halogens is 1. The van der Waals surface area contributed by atoms with E-state index >= 15 is 0 Å². The number of carbonyl (C=O) groups excluding carboxylic acids is 1. The van der Waals surface area contributed by atoms with Crippen molar-refractivity contribution in [3.05, 3.63) is 11.8 Å². The summed E-state index contributed by atoms with van der Waals surface area (Å²) < 4.78 is 10.7. The highest BCUT2D eigenvalue weighted by atomic mass is 35.5. The molecular formula is C14H27ClN2O3. The van der Waals surface area contributed by atoms with Crippen LogP contribution in [-0.2, 0) is 14.3 Å². The van der Waals surface area contributed by atoms with Gasteiger partial charge in [0.05, 0.1) is 26.4 Å². The van der Waals surface area contributed by atoms with Crippen LogP contribution in [0.4, 0.5) is 0 Å². The molecule has 6 heteroatoms. The van der Waals surface area contributed by atoms with Gasteiger partial charge in [-0.3, -0.25) is 4.79 Å². The lowest BCUT2D eigenvalue weighted by Crippen LogP contribution is -2.28. The third kappa shape index (κ3) is 12.3. The Morgan fingerprint density at radius 2 is 1.65 bits per heavy atom. The summed E-state index contributed by atoms with van der Waals surface area (Å²) >= 11 is 5.33. The molecule has 0 aliphatic carbocycles. The fourth-order valence-electron chi connectivity index (χ4n) is 1.50. The van der Waals surface area contributed by atoms with E-state index in [1.165, 1.54) is 5.70 Å². The minimum atomic E-state index is -0.176. The first-order valence-corrected chi connectivity index (χ1v) is 7.69. The number of hydrogen-bond donors (Lipinski definition) is 2. The molecule has 0 radical (unpaired) electrons. The van der Waals surface area contributed by atoms with Crippen molar-refractivity contribution in [3.63, 3.8) is 0 Å². The summed E-state index contributed by atoms with van der Waals surface area (Å²) in [7, 11) is 0. The Hall–Kier alpha value is -0.780. The lowest BCUT2D eigenvalue weighted by atomic mass is 10.3. The van der Waals surface area contributed by atoms with Crippen molar-refractivity contribution >= 4 is 17.5 Å². The van der Waals surface area contributed by atoms with Gasteiger partial charge in [0.1, 0.15) is 5.88 Å². The van der Waals surface area contributed by atoms with Crippen LogP contribution in [0, 0.1) is 0 Å². The SMILES string of the molecule is CC/C=C(/CC)NCCOCCOCCNC(=O)CCl. The number of amides is 1. The first-order chi connectivity index (χ1) is 9.74. The fourth-order valence-corrected chi connectivity index (χ4v) is 1.60. The first-order valence-electron chi connectivity index (χ1n) is 7.15. The molecule has 0 saturated heterocycles. The van der Waals surface area contributed by atoms with Gasteiger partial charge >= 0.3 is 0 Å². The van der Waals surface area contributed by atoms with Gasteiger partial charge < -0.3 is 20.1 Å². The molecule has 1 amide bonds. The van der Waals surface area contributed by atoms with Gasteiger partial charge in [0.15, 0.2) is 0 Å². The van der Waals surface area contributed by atoms with Crippen LogP contribution >= 0.6 is 11.6 Å². The molecule has 0 unspecified atom stereocenters. The highest BCUT2D eigenvalue weighted by molar-refractivity contribution is 6.27. The van der Waals surface area contributed by atoms with Gasteiger partial charge in [0, 0.05) is 18.8 Å². The highest BCUT2D eigenvalue weighted by Gasteiger charge is 1.96. The van der Waals surface area contributed by atoms with Crippen molar-refractivity contribution in [2.75, 3.05) is 45.4 Å². The van der Waals surface area contributed by atoms with Gasteiger partial charge in [0.25, 0.3) is 0 Å². The van der Waals surface area contributed by atoms with E-state index in [-0.39, 0.29) is 11.8 Å². The summed E-state index contributed by atoms with van der Waals surface area (Å²) in [6.45, 7) is 7.77. The Morgan fingerprint density at radius 3 is 2.15 bits per heavy atom. The Kier molecular flexibility index (Phi) is 14.1. The topological polar surface area (TPSA) is 59.6 Å². The lowest BCUT2D eigenvalue weighted by molar-refractivity contribution is -0.118. The van der Waals surface area contributed by atoms with E-state index in [0.29, 0.717) is 33.0 Å². The van der Waals surface area contributed by atoms with Crippen LogP contribution in [0.15, 0.2) is 11.8 Å². The maximum absolute atomic E-state index is 10.8. The summed E-state index contributed by atoms with van der Waals surface area (Å²) in [6.07, 6.45) is 4.26. The minimum absolute atomic E-state index is 0.0116. The van der Waals surface area contributed by atoms with Crippen LogP contribution in [0.1, 0.15) is 26.7 Å². The number of carbonyl (C=O) groups is 1. The summed E-state index contributed by atoms with van der Waals surface area (Å²) in [5.74, 6) is -0.188. The number of rotatable bonds is 13. The minimum Gasteiger partial charge on any atom is -0.386 e. The number of ether oxygens (including phenoxy) is 2. The predicted molar refractivity (Wildman–Crippen MR) is 82.0 cm³/mol. The second-order valence-corrected chi connectivity index (χ2v) is 4.39. The van der Waals surface area contributed by atoms with Gasteiger partial charge in [-0.2, -0.15) is 0 Å². The summed E-state index contributed by atoms with van der Waals surface area (Å²) in [4.78, 5) is 10.8. The Labute approximate surface area is 127 Å². The highest BCUT2D eigenvalue weighted by Crippen LogP contribution is 1.96. The van der Waals surface area contributed by atoms with E-state index in [9.17, 15) is 4.79 Å². The molecule has 118 valence electrons. The molecule has 0 rings (SSSR count). The third-order valence-electron chi connectivity index (χ3n) is 2.49. The average molecular weight is 307 g/mol. The van der Waals surface area contributed by atoms with Gasteiger partial charge in [-0.05, 0) is 12.8 Å². The van der Waals surface area contributed by atoms with Crippen molar-refractivity contribution in [2.24, 2.45) is 0 Å². The van der Waals surface area contributed by atoms with Crippen LogP contribution in [0.3, 0.4) is 0 Å². The predicted octanol–water partition coefficient (Wildman–Crippen LogP) is 1.67. The van der Waals surface area contributed by atoms with Gasteiger partial charge in [-0.15, -0.1) is 11.6 Å². The van der Waals surface area contributed by atoms with Gasteiger partial charge in [0.2, 0.25) is 5.91 Å². The average Bonchev–Trinajstić information content (AvgIpc) is 2.47. The molecular weight excluding hydrogens is 280 g/mol. The van der Waals surface area contributed by atoms with Crippen molar-refractivity contribution in [3.8, 4) is 0 Å². The van der Waals surface area contributed by atoms with Crippen LogP contribution in [0.5, 0.6) is 0 Å². The molecule has 0 spiro atoms. The zero-order chi connectivity index (χ0) is 15.1. The van der Waals surface area contributed by atoms with Crippen molar-refractivity contribution in [1.29, 1.82) is 0 Å². The molecule has 0 fully saturated rings. The maximum Gasteiger partial charge on any atom is 0.235 e. The van der Waals surface area contributed by atoms with E-state index in [4.69, 9.17) is 21.1 Å². The summed E-state index contributed by atoms with van der Waals surface area (Å²) in [5, 5.41) is 5.96. The van der Waals surface area contributed by atoms with Gasteiger partial charge in [-0.25, -0.2) is 0 Å². The molecule has 0 aromatic rings. The van der Waals surface area contributed by atoms with Crippen molar-refractivity contribution < 1.29 is 14.3 Å². The zero-order valence-corrected chi connectivity index (χ0v) is 13.3.